The van der Waals surface area contributed by atoms with Crippen molar-refractivity contribution in [1.29, 1.82) is 0 Å². The molecule has 1 unspecified atom stereocenters. The zero-order valence-electron chi connectivity index (χ0n) is 10.3. The molecule has 0 spiro atoms. The van der Waals surface area contributed by atoms with Crippen molar-refractivity contribution in [3.63, 3.8) is 0 Å². The predicted molar refractivity (Wildman–Crippen MR) is 74.5 cm³/mol. The molecule has 0 aliphatic rings. The van der Waals surface area contributed by atoms with Gasteiger partial charge in [0.05, 0.1) is 6.04 Å². The molecule has 1 atom stereocenters. The van der Waals surface area contributed by atoms with Gasteiger partial charge in [-0.3, -0.25) is 0 Å². The first-order valence-electron chi connectivity index (χ1n) is 5.61. The van der Waals surface area contributed by atoms with E-state index in [9.17, 15) is 0 Å². The molecule has 4 heteroatoms. The summed E-state index contributed by atoms with van der Waals surface area (Å²) in [6, 6.07) is 6.11. The summed E-state index contributed by atoms with van der Waals surface area (Å²) in [5.74, 6) is 0.820. The van der Waals surface area contributed by atoms with Gasteiger partial charge < -0.3 is 11.1 Å². The van der Waals surface area contributed by atoms with Gasteiger partial charge >= 0.3 is 0 Å². The molecule has 2 aromatic rings. The van der Waals surface area contributed by atoms with Crippen LogP contribution in [0.15, 0.2) is 24.4 Å². The number of nitrogens with two attached hydrogens (primary N) is 1. The molecule has 90 valence electrons. The van der Waals surface area contributed by atoms with Crippen molar-refractivity contribution in [2.45, 2.75) is 26.8 Å². The summed E-state index contributed by atoms with van der Waals surface area (Å²) in [5.41, 5.74) is 7.79. The van der Waals surface area contributed by atoms with E-state index in [1.165, 1.54) is 15.3 Å². The van der Waals surface area contributed by atoms with Crippen molar-refractivity contribution >= 4 is 22.8 Å². The molecule has 0 aromatic carbocycles. The number of aromatic nitrogens is 1. The standard InChI is InChI=1S/C13H17N3S/c1-8-6-12(10(3)17-8)9(2)16-13-7-11(14)4-5-15-13/h4-7,9H,1-3H3,(H3,14,15,16). The molecule has 0 amide bonds. The summed E-state index contributed by atoms with van der Waals surface area (Å²) in [4.78, 5) is 6.95. The Bertz CT molecular complexity index is 519. The van der Waals surface area contributed by atoms with E-state index in [-0.39, 0.29) is 6.04 Å². The first kappa shape index (κ1) is 11.9. The Labute approximate surface area is 106 Å². The second kappa shape index (κ2) is 4.75. The molecule has 2 rings (SSSR count). The van der Waals surface area contributed by atoms with Gasteiger partial charge in [-0.25, -0.2) is 4.98 Å². The Morgan fingerprint density at radius 1 is 1.35 bits per heavy atom. The van der Waals surface area contributed by atoms with Crippen LogP contribution in [-0.2, 0) is 0 Å². The maximum atomic E-state index is 5.73. The van der Waals surface area contributed by atoms with Crippen LogP contribution in [0, 0.1) is 13.8 Å². The number of nitrogens with zero attached hydrogens (tertiary/aromatic N) is 1. The second-order valence-corrected chi connectivity index (χ2v) is 5.67. The zero-order valence-corrected chi connectivity index (χ0v) is 11.1. The Balaban J connectivity index is 2.16. The third-order valence-corrected chi connectivity index (χ3v) is 3.68. The minimum atomic E-state index is 0.245. The molecule has 0 radical (unpaired) electrons. The van der Waals surface area contributed by atoms with E-state index < -0.39 is 0 Å². The van der Waals surface area contributed by atoms with Gasteiger partial charge in [0.1, 0.15) is 5.82 Å². The maximum Gasteiger partial charge on any atom is 0.128 e. The van der Waals surface area contributed by atoms with E-state index in [4.69, 9.17) is 5.73 Å². The number of pyridine rings is 1. The van der Waals surface area contributed by atoms with Gasteiger partial charge in [0.15, 0.2) is 0 Å². The Morgan fingerprint density at radius 3 is 2.71 bits per heavy atom. The third-order valence-electron chi connectivity index (χ3n) is 2.69. The van der Waals surface area contributed by atoms with Crippen LogP contribution >= 0.6 is 11.3 Å². The smallest absolute Gasteiger partial charge is 0.128 e. The molecule has 0 aliphatic heterocycles. The van der Waals surface area contributed by atoms with Crippen LogP contribution in [0.25, 0.3) is 0 Å². The van der Waals surface area contributed by atoms with E-state index >= 15 is 0 Å². The van der Waals surface area contributed by atoms with E-state index in [1.807, 2.05) is 17.4 Å². The van der Waals surface area contributed by atoms with Crippen LogP contribution < -0.4 is 11.1 Å². The fourth-order valence-electron chi connectivity index (χ4n) is 1.91. The van der Waals surface area contributed by atoms with Gasteiger partial charge in [0, 0.05) is 27.7 Å². The average Bonchev–Trinajstić information content (AvgIpc) is 2.58. The van der Waals surface area contributed by atoms with Gasteiger partial charge in [0.25, 0.3) is 0 Å². The Kier molecular flexibility index (Phi) is 3.33. The summed E-state index contributed by atoms with van der Waals surface area (Å²) in [5, 5.41) is 3.37. The lowest BCUT2D eigenvalue weighted by Gasteiger charge is -2.14. The number of nitrogens with one attached hydrogen (secondary N) is 1. The van der Waals surface area contributed by atoms with Crippen molar-refractivity contribution in [1.82, 2.24) is 4.98 Å². The van der Waals surface area contributed by atoms with E-state index in [1.54, 1.807) is 12.3 Å². The average molecular weight is 247 g/mol. The summed E-state index contributed by atoms with van der Waals surface area (Å²) in [7, 11) is 0. The van der Waals surface area contributed by atoms with Crippen molar-refractivity contribution in [2.75, 3.05) is 11.1 Å². The molecule has 2 heterocycles. The molecule has 3 nitrogen and oxygen atoms in total. The van der Waals surface area contributed by atoms with Crippen LogP contribution in [0.3, 0.4) is 0 Å². The van der Waals surface area contributed by atoms with E-state index in [0.29, 0.717) is 0 Å². The van der Waals surface area contributed by atoms with Gasteiger partial charge in [-0.1, -0.05) is 0 Å². The molecular formula is C13H17N3S. The fourth-order valence-corrected chi connectivity index (χ4v) is 2.93. The summed E-state index contributed by atoms with van der Waals surface area (Å²) >= 11 is 1.83. The van der Waals surface area contributed by atoms with Crippen molar-refractivity contribution in [3.05, 3.63) is 39.7 Å². The van der Waals surface area contributed by atoms with Crippen molar-refractivity contribution in [2.24, 2.45) is 0 Å². The summed E-state index contributed by atoms with van der Waals surface area (Å²) < 4.78 is 0. The van der Waals surface area contributed by atoms with E-state index in [0.717, 1.165) is 11.5 Å². The van der Waals surface area contributed by atoms with Crippen LogP contribution in [-0.4, -0.2) is 4.98 Å². The lowest BCUT2D eigenvalue weighted by atomic mass is 10.1. The lowest BCUT2D eigenvalue weighted by molar-refractivity contribution is 0.872. The van der Waals surface area contributed by atoms with Gasteiger partial charge in [-0.05, 0) is 38.5 Å². The largest absolute Gasteiger partial charge is 0.399 e. The summed E-state index contributed by atoms with van der Waals surface area (Å²) in [6.07, 6.45) is 1.72. The molecule has 0 aliphatic carbocycles. The number of aryl methyl sites for hydroxylation is 2. The first-order valence-corrected chi connectivity index (χ1v) is 6.43. The minimum absolute atomic E-state index is 0.245. The normalized spacial score (nSPS) is 12.4. The molecular weight excluding hydrogens is 230 g/mol. The fraction of sp³-hybridized carbons (Fsp3) is 0.308. The topological polar surface area (TPSA) is 50.9 Å². The minimum Gasteiger partial charge on any atom is -0.399 e. The number of anilines is 2. The van der Waals surface area contributed by atoms with Gasteiger partial charge in [0.2, 0.25) is 0 Å². The Morgan fingerprint density at radius 2 is 2.12 bits per heavy atom. The van der Waals surface area contributed by atoms with E-state index in [2.05, 4.69) is 37.1 Å². The van der Waals surface area contributed by atoms with Crippen molar-refractivity contribution in [3.8, 4) is 0 Å². The number of thiophene rings is 1. The van der Waals surface area contributed by atoms with Crippen LogP contribution in [0.2, 0.25) is 0 Å². The molecule has 2 aromatic heterocycles. The quantitative estimate of drug-likeness (QED) is 0.872. The first-order chi connectivity index (χ1) is 8.06. The van der Waals surface area contributed by atoms with Gasteiger partial charge in [-0.2, -0.15) is 0 Å². The molecule has 0 fully saturated rings. The molecule has 17 heavy (non-hydrogen) atoms. The van der Waals surface area contributed by atoms with Crippen LogP contribution in [0.4, 0.5) is 11.5 Å². The Hall–Kier alpha value is -1.55. The summed E-state index contributed by atoms with van der Waals surface area (Å²) in [6.45, 7) is 6.42. The monoisotopic (exact) mass is 247 g/mol. The number of rotatable bonds is 3. The van der Waals surface area contributed by atoms with Gasteiger partial charge in [-0.15, -0.1) is 11.3 Å². The highest BCUT2D eigenvalue weighted by molar-refractivity contribution is 7.12. The van der Waals surface area contributed by atoms with Crippen LogP contribution in [0.1, 0.15) is 28.3 Å². The molecule has 0 saturated carbocycles. The van der Waals surface area contributed by atoms with Crippen molar-refractivity contribution < 1.29 is 0 Å². The number of nitrogen functional groups attached to an aromatic ring is 1. The molecule has 0 saturated heterocycles. The zero-order chi connectivity index (χ0) is 12.4. The highest BCUT2D eigenvalue weighted by atomic mass is 32.1. The highest BCUT2D eigenvalue weighted by Gasteiger charge is 2.11. The highest BCUT2D eigenvalue weighted by Crippen LogP contribution is 2.28. The molecule has 3 N–H and O–H groups in total. The predicted octanol–water partition coefficient (Wildman–Crippen LogP) is 3.52. The number of hydrogen-bond donors (Lipinski definition) is 2. The maximum absolute atomic E-state index is 5.73. The number of hydrogen-bond acceptors (Lipinski definition) is 4. The second-order valence-electron chi connectivity index (χ2n) is 4.21. The van der Waals surface area contributed by atoms with Crippen LogP contribution in [0.5, 0.6) is 0 Å². The SMILES string of the molecule is Cc1cc(C(C)Nc2cc(N)ccn2)c(C)s1. The lowest BCUT2D eigenvalue weighted by Crippen LogP contribution is -2.08. The third kappa shape index (κ3) is 2.77. The molecule has 0 bridgehead atoms.